The van der Waals surface area contributed by atoms with Gasteiger partial charge in [-0.1, -0.05) is 6.07 Å². The summed E-state index contributed by atoms with van der Waals surface area (Å²) in [5, 5.41) is 8.42. The molecule has 1 N–H and O–H groups in total. The first kappa shape index (κ1) is 12.5. The molecular weight excluding hydrogens is 211 g/mol. The van der Waals surface area contributed by atoms with Gasteiger partial charge >= 0.3 is 5.97 Å². The molecular formula is C12H15FO3. The molecule has 0 spiro atoms. The van der Waals surface area contributed by atoms with Crippen molar-refractivity contribution in [1.82, 2.24) is 0 Å². The number of rotatable bonds is 6. The Hall–Kier alpha value is -1.58. The van der Waals surface area contributed by atoms with E-state index in [1.165, 1.54) is 12.1 Å². The summed E-state index contributed by atoms with van der Waals surface area (Å²) in [6.45, 7) is 2.25. The summed E-state index contributed by atoms with van der Waals surface area (Å²) >= 11 is 0. The number of carbonyl (C=O) groups is 1. The highest BCUT2D eigenvalue weighted by molar-refractivity contribution is 5.66. The molecule has 88 valence electrons. The van der Waals surface area contributed by atoms with Crippen molar-refractivity contribution in [3.05, 3.63) is 29.6 Å². The predicted octanol–water partition coefficient (Wildman–Crippen LogP) is 2.77. The van der Waals surface area contributed by atoms with E-state index in [-0.39, 0.29) is 12.2 Å². The average Bonchev–Trinajstić information content (AvgIpc) is 2.22. The highest BCUT2D eigenvalue weighted by Crippen LogP contribution is 2.18. The van der Waals surface area contributed by atoms with E-state index in [0.29, 0.717) is 25.2 Å². The smallest absolute Gasteiger partial charge is 0.303 e. The van der Waals surface area contributed by atoms with Gasteiger partial charge in [-0.05, 0) is 31.4 Å². The number of hydrogen-bond donors (Lipinski definition) is 1. The van der Waals surface area contributed by atoms with Gasteiger partial charge in [-0.3, -0.25) is 4.79 Å². The predicted molar refractivity (Wildman–Crippen MR) is 58.1 cm³/mol. The van der Waals surface area contributed by atoms with Crippen molar-refractivity contribution in [2.24, 2.45) is 0 Å². The normalized spacial score (nSPS) is 10.1. The van der Waals surface area contributed by atoms with Gasteiger partial charge in [-0.15, -0.1) is 0 Å². The third kappa shape index (κ3) is 4.29. The molecule has 1 aromatic rings. The molecule has 0 unspecified atom stereocenters. The summed E-state index contributed by atoms with van der Waals surface area (Å²) in [5.74, 6) is -0.608. The van der Waals surface area contributed by atoms with Crippen LogP contribution in [0.2, 0.25) is 0 Å². The Bertz CT molecular complexity index is 363. The molecule has 0 amide bonds. The molecule has 0 aromatic heterocycles. The summed E-state index contributed by atoms with van der Waals surface area (Å²) < 4.78 is 18.2. The minimum absolute atomic E-state index is 0.144. The van der Waals surface area contributed by atoms with Gasteiger partial charge in [0.15, 0.2) is 0 Å². The molecule has 1 rings (SSSR count). The largest absolute Gasteiger partial charge is 0.493 e. The molecule has 0 aliphatic carbocycles. The van der Waals surface area contributed by atoms with Crippen molar-refractivity contribution in [2.45, 2.75) is 26.2 Å². The van der Waals surface area contributed by atoms with Crippen LogP contribution >= 0.6 is 0 Å². The molecule has 0 aliphatic heterocycles. The van der Waals surface area contributed by atoms with Crippen LogP contribution in [0.25, 0.3) is 0 Å². The summed E-state index contributed by atoms with van der Waals surface area (Å²) in [5.41, 5.74) is 0.875. The zero-order chi connectivity index (χ0) is 12.0. The van der Waals surface area contributed by atoms with Gasteiger partial charge in [0.25, 0.3) is 0 Å². The molecule has 16 heavy (non-hydrogen) atoms. The van der Waals surface area contributed by atoms with E-state index in [4.69, 9.17) is 9.84 Å². The third-order valence-electron chi connectivity index (χ3n) is 2.19. The van der Waals surface area contributed by atoms with Crippen LogP contribution in [0.5, 0.6) is 5.75 Å². The number of carboxylic acid groups (broad SMARTS) is 1. The minimum atomic E-state index is -0.804. The summed E-state index contributed by atoms with van der Waals surface area (Å²) in [4.78, 5) is 10.2. The number of aliphatic carboxylic acids is 1. The second kappa shape index (κ2) is 6.10. The number of carboxylic acids is 1. The zero-order valence-electron chi connectivity index (χ0n) is 9.20. The van der Waals surface area contributed by atoms with E-state index in [0.717, 1.165) is 5.56 Å². The summed E-state index contributed by atoms with van der Waals surface area (Å²) in [7, 11) is 0. The zero-order valence-corrected chi connectivity index (χ0v) is 9.20. The molecule has 3 nitrogen and oxygen atoms in total. The maximum absolute atomic E-state index is 12.9. The number of ether oxygens (including phenoxy) is 1. The second-order valence-corrected chi connectivity index (χ2v) is 3.61. The highest BCUT2D eigenvalue weighted by Gasteiger charge is 2.02. The van der Waals surface area contributed by atoms with Crippen LogP contribution in [0.15, 0.2) is 18.2 Å². The Morgan fingerprint density at radius 1 is 1.44 bits per heavy atom. The topological polar surface area (TPSA) is 46.5 Å². The number of benzene rings is 1. The van der Waals surface area contributed by atoms with Crippen molar-refractivity contribution in [2.75, 3.05) is 6.61 Å². The van der Waals surface area contributed by atoms with Gasteiger partial charge in [-0.25, -0.2) is 4.39 Å². The van der Waals surface area contributed by atoms with Gasteiger partial charge in [0.05, 0.1) is 6.61 Å². The Morgan fingerprint density at radius 2 is 2.19 bits per heavy atom. The second-order valence-electron chi connectivity index (χ2n) is 3.61. The van der Waals surface area contributed by atoms with E-state index in [9.17, 15) is 9.18 Å². The molecule has 0 aliphatic rings. The fourth-order valence-corrected chi connectivity index (χ4v) is 1.29. The van der Waals surface area contributed by atoms with Gasteiger partial charge in [0.2, 0.25) is 0 Å². The van der Waals surface area contributed by atoms with Gasteiger partial charge in [0.1, 0.15) is 11.6 Å². The van der Waals surface area contributed by atoms with Crippen LogP contribution in [-0.2, 0) is 4.79 Å². The summed E-state index contributed by atoms with van der Waals surface area (Å²) in [6, 6.07) is 4.38. The first-order valence-electron chi connectivity index (χ1n) is 5.20. The van der Waals surface area contributed by atoms with Crippen molar-refractivity contribution in [3.8, 4) is 5.75 Å². The van der Waals surface area contributed by atoms with Crippen LogP contribution in [0.3, 0.4) is 0 Å². The molecule has 4 heteroatoms. The van der Waals surface area contributed by atoms with Gasteiger partial charge in [0, 0.05) is 12.5 Å². The Balaban J connectivity index is 2.31. The Labute approximate surface area is 93.9 Å². The number of hydrogen-bond acceptors (Lipinski definition) is 2. The van der Waals surface area contributed by atoms with Gasteiger partial charge < -0.3 is 9.84 Å². The standard InChI is InChI=1S/C12H15FO3/c1-9-5-6-10(13)8-11(9)16-7-3-2-4-12(14)15/h5-6,8H,2-4,7H2,1H3,(H,14,15). The van der Waals surface area contributed by atoms with Crippen molar-refractivity contribution in [3.63, 3.8) is 0 Å². The SMILES string of the molecule is Cc1ccc(F)cc1OCCCCC(=O)O. The summed E-state index contributed by atoms with van der Waals surface area (Å²) in [6.07, 6.45) is 1.37. The van der Waals surface area contributed by atoms with Crippen LogP contribution < -0.4 is 4.74 Å². The Kier molecular flexibility index (Phi) is 4.76. The van der Waals surface area contributed by atoms with Crippen molar-refractivity contribution in [1.29, 1.82) is 0 Å². The van der Waals surface area contributed by atoms with Crippen molar-refractivity contribution >= 4 is 5.97 Å². The van der Waals surface area contributed by atoms with Crippen LogP contribution in [-0.4, -0.2) is 17.7 Å². The molecule has 0 saturated heterocycles. The Morgan fingerprint density at radius 3 is 2.88 bits per heavy atom. The fourth-order valence-electron chi connectivity index (χ4n) is 1.29. The molecule has 0 atom stereocenters. The molecule has 0 bridgehead atoms. The number of aryl methyl sites for hydroxylation is 1. The van der Waals surface area contributed by atoms with E-state index in [1.807, 2.05) is 6.92 Å². The molecule has 0 heterocycles. The van der Waals surface area contributed by atoms with E-state index in [2.05, 4.69) is 0 Å². The van der Waals surface area contributed by atoms with E-state index < -0.39 is 5.97 Å². The first-order valence-corrected chi connectivity index (χ1v) is 5.20. The monoisotopic (exact) mass is 226 g/mol. The lowest BCUT2D eigenvalue weighted by atomic mass is 10.2. The molecule has 1 aromatic carbocycles. The molecule has 0 fully saturated rings. The highest BCUT2D eigenvalue weighted by atomic mass is 19.1. The maximum atomic E-state index is 12.9. The quantitative estimate of drug-likeness (QED) is 0.758. The van der Waals surface area contributed by atoms with Crippen LogP contribution in [0.4, 0.5) is 4.39 Å². The van der Waals surface area contributed by atoms with E-state index in [1.54, 1.807) is 6.07 Å². The average molecular weight is 226 g/mol. The lowest BCUT2D eigenvalue weighted by Crippen LogP contribution is -2.01. The molecule has 0 saturated carbocycles. The van der Waals surface area contributed by atoms with Crippen molar-refractivity contribution < 1.29 is 19.0 Å². The van der Waals surface area contributed by atoms with Crippen LogP contribution in [0, 0.1) is 12.7 Å². The molecule has 0 radical (unpaired) electrons. The minimum Gasteiger partial charge on any atom is -0.493 e. The number of unbranched alkanes of at least 4 members (excludes halogenated alkanes) is 1. The fraction of sp³-hybridized carbons (Fsp3) is 0.417. The number of halogens is 1. The van der Waals surface area contributed by atoms with Gasteiger partial charge in [-0.2, -0.15) is 0 Å². The lowest BCUT2D eigenvalue weighted by Gasteiger charge is -2.08. The third-order valence-corrected chi connectivity index (χ3v) is 2.19. The first-order chi connectivity index (χ1) is 7.59. The van der Waals surface area contributed by atoms with Crippen LogP contribution in [0.1, 0.15) is 24.8 Å². The maximum Gasteiger partial charge on any atom is 0.303 e. The lowest BCUT2D eigenvalue weighted by molar-refractivity contribution is -0.137. The van der Waals surface area contributed by atoms with E-state index >= 15 is 0 Å².